The third kappa shape index (κ3) is 6.36. The first kappa shape index (κ1) is 20.4. The minimum Gasteiger partial charge on any atom is -0.493 e. The van der Waals surface area contributed by atoms with Crippen molar-refractivity contribution in [2.75, 3.05) is 48.0 Å². The molecule has 0 saturated carbocycles. The lowest BCUT2D eigenvalue weighted by Crippen LogP contribution is -2.41. The predicted octanol–water partition coefficient (Wildman–Crippen LogP) is 2.23. The van der Waals surface area contributed by atoms with Gasteiger partial charge in [0.05, 0.1) is 27.0 Å². The number of likely N-dealkylation sites (N-methyl/N-ethyl adjacent to an activating group) is 1. The minimum absolute atomic E-state index is 0.536. The summed E-state index contributed by atoms with van der Waals surface area (Å²) in [7, 11) is 7.07. The Morgan fingerprint density at radius 2 is 2.00 bits per heavy atom. The lowest BCUT2D eigenvalue weighted by molar-refractivity contribution is 0.318. The van der Waals surface area contributed by atoms with Crippen molar-refractivity contribution in [2.24, 2.45) is 4.99 Å². The van der Waals surface area contributed by atoms with Gasteiger partial charge in [-0.2, -0.15) is 0 Å². The van der Waals surface area contributed by atoms with Crippen molar-refractivity contribution in [3.8, 4) is 17.2 Å². The molecule has 1 heterocycles. The molecule has 1 aromatic carbocycles. The topological polar surface area (TPSA) is 68.2 Å². The smallest absolute Gasteiger partial charge is 0.193 e. The average Bonchev–Trinajstić information content (AvgIpc) is 2.72. The van der Waals surface area contributed by atoms with Crippen LogP contribution >= 0.6 is 0 Å². The number of ether oxygens (including phenoxy) is 3. The third-order valence-electron chi connectivity index (χ3n) is 4.05. The summed E-state index contributed by atoms with van der Waals surface area (Å²) in [5.74, 6) is 3.06. The van der Waals surface area contributed by atoms with Crippen molar-refractivity contribution >= 4 is 5.96 Å². The number of aromatic nitrogens is 1. The molecule has 7 heteroatoms. The number of benzene rings is 1. The van der Waals surface area contributed by atoms with Crippen LogP contribution in [-0.2, 0) is 6.42 Å². The highest BCUT2D eigenvalue weighted by Gasteiger charge is 2.08. The van der Waals surface area contributed by atoms with Gasteiger partial charge < -0.3 is 24.4 Å². The van der Waals surface area contributed by atoms with E-state index in [-0.39, 0.29) is 0 Å². The molecule has 0 spiro atoms. The molecule has 2 aromatic rings. The van der Waals surface area contributed by atoms with Gasteiger partial charge >= 0.3 is 0 Å². The monoisotopic (exact) mass is 372 g/mol. The van der Waals surface area contributed by atoms with E-state index < -0.39 is 0 Å². The maximum atomic E-state index is 5.63. The van der Waals surface area contributed by atoms with E-state index in [0.717, 1.165) is 36.2 Å². The van der Waals surface area contributed by atoms with E-state index in [2.05, 4.69) is 20.2 Å². The average molecular weight is 372 g/mol. The van der Waals surface area contributed by atoms with Gasteiger partial charge in [0.2, 0.25) is 0 Å². The van der Waals surface area contributed by atoms with Gasteiger partial charge in [-0.25, -0.2) is 0 Å². The zero-order valence-electron chi connectivity index (χ0n) is 16.4. The molecule has 2 rings (SSSR count). The van der Waals surface area contributed by atoms with Gasteiger partial charge in [0.1, 0.15) is 12.4 Å². The van der Waals surface area contributed by atoms with Crippen LogP contribution < -0.4 is 19.5 Å². The van der Waals surface area contributed by atoms with Gasteiger partial charge in [0.15, 0.2) is 17.5 Å². The van der Waals surface area contributed by atoms with E-state index in [4.69, 9.17) is 14.2 Å². The van der Waals surface area contributed by atoms with Crippen LogP contribution in [0.1, 0.15) is 5.56 Å². The molecule has 0 fully saturated rings. The Bertz CT molecular complexity index is 722. The Kier molecular flexibility index (Phi) is 8.22. The quantitative estimate of drug-likeness (QED) is 0.414. The summed E-state index contributed by atoms with van der Waals surface area (Å²) >= 11 is 0. The number of rotatable bonds is 9. The summed E-state index contributed by atoms with van der Waals surface area (Å²) in [6.07, 6.45) is 4.29. The highest BCUT2D eigenvalue weighted by atomic mass is 16.5. The fourth-order valence-corrected chi connectivity index (χ4v) is 2.59. The summed E-state index contributed by atoms with van der Waals surface area (Å²) in [6, 6.07) is 9.72. The van der Waals surface area contributed by atoms with E-state index in [1.165, 1.54) is 5.56 Å². The van der Waals surface area contributed by atoms with Gasteiger partial charge in [-0.05, 0) is 36.2 Å². The van der Waals surface area contributed by atoms with Crippen LogP contribution in [0, 0.1) is 0 Å². The summed E-state index contributed by atoms with van der Waals surface area (Å²) in [4.78, 5) is 10.4. The van der Waals surface area contributed by atoms with Gasteiger partial charge in [-0.15, -0.1) is 0 Å². The van der Waals surface area contributed by atoms with Crippen LogP contribution in [0.5, 0.6) is 17.2 Å². The van der Waals surface area contributed by atoms with Crippen LogP contribution in [-0.4, -0.2) is 63.9 Å². The Hall–Kier alpha value is -2.96. The number of nitrogens with one attached hydrogen (secondary N) is 1. The molecule has 146 valence electrons. The van der Waals surface area contributed by atoms with Gasteiger partial charge in [0, 0.05) is 26.8 Å². The summed E-state index contributed by atoms with van der Waals surface area (Å²) in [6.45, 7) is 2.01. The molecule has 0 unspecified atom stereocenters. The fraction of sp³-hybridized carbons (Fsp3) is 0.400. The maximum absolute atomic E-state index is 5.63. The zero-order chi connectivity index (χ0) is 19.5. The second-order valence-electron chi connectivity index (χ2n) is 5.87. The molecule has 0 aliphatic carbocycles. The molecule has 1 N–H and O–H groups in total. The Balaban J connectivity index is 1.78. The maximum Gasteiger partial charge on any atom is 0.193 e. The summed E-state index contributed by atoms with van der Waals surface area (Å²) in [5, 5.41) is 3.30. The predicted molar refractivity (Wildman–Crippen MR) is 107 cm³/mol. The van der Waals surface area contributed by atoms with Crippen molar-refractivity contribution in [1.82, 2.24) is 15.2 Å². The highest BCUT2D eigenvalue weighted by Crippen LogP contribution is 2.27. The van der Waals surface area contributed by atoms with Crippen molar-refractivity contribution in [1.29, 1.82) is 0 Å². The molecular formula is C20H28N4O3. The molecule has 0 radical (unpaired) electrons. The molecule has 0 saturated heterocycles. The van der Waals surface area contributed by atoms with Gasteiger partial charge in [-0.1, -0.05) is 6.07 Å². The Labute approximate surface area is 161 Å². The first-order valence-electron chi connectivity index (χ1n) is 8.83. The molecular weight excluding hydrogens is 344 g/mol. The van der Waals surface area contributed by atoms with Gasteiger partial charge in [0.25, 0.3) is 0 Å². The van der Waals surface area contributed by atoms with Crippen molar-refractivity contribution in [3.63, 3.8) is 0 Å². The van der Waals surface area contributed by atoms with Crippen molar-refractivity contribution in [3.05, 3.63) is 48.3 Å². The van der Waals surface area contributed by atoms with E-state index in [0.29, 0.717) is 13.2 Å². The second kappa shape index (κ2) is 10.9. The normalized spacial score (nSPS) is 11.0. The van der Waals surface area contributed by atoms with Crippen LogP contribution in [0.25, 0.3) is 0 Å². The molecule has 0 bridgehead atoms. The van der Waals surface area contributed by atoms with Crippen molar-refractivity contribution in [2.45, 2.75) is 6.42 Å². The number of guanidine groups is 1. The minimum atomic E-state index is 0.536. The first-order valence-corrected chi connectivity index (χ1v) is 8.83. The number of pyridine rings is 1. The Morgan fingerprint density at radius 3 is 2.67 bits per heavy atom. The lowest BCUT2D eigenvalue weighted by Gasteiger charge is -2.22. The van der Waals surface area contributed by atoms with Crippen LogP contribution in [0.4, 0.5) is 0 Å². The van der Waals surface area contributed by atoms with Crippen molar-refractivity contribution < 1.29 is 14.2 Å². The van der Waals surface area contributed by atoms with E-state index in [9.17, 15) is 0 Å². The molecule has 0 amide bonds. The van der Waals surface area contributed by atoms with Gasteiger partial charge in [-0.3, -0.25) is 9.98 Å². The summed E-state index contributed by atoms with van der Waals surface area (Å²) < 4.78 is 16.3. The van der Waals surface area contributed by atoms with Crippen LogP contribution in [0.2, 0.25) is 0 Å². The third-order valence-corrected chi connectivity index (χ3v) is 4.05. The second-order valence-corrected chi connectivity index (χ2v) is 5.87. The molecule has 0 atom stereocenters. The molecule has 27 heavy (non-hydrogen) atoms. The standard InChI is InChI=1S/C20H28N4O3/c1-21-20(23-11-13-27-17-6-5-10-22-15-17)24(2)12-9-16-7-8-18(25-3)19(14-16)26-4/h5-8,10,14-15H,9,11-13H2,1-4H3,(H,21,23). The van der Waals surface area contributed by atoms with Crippen LogP contribution in [0.3, 0.4) is 0 Å². The highest BCUT2D eigenvalue weighted by molar-refractivity contribution is 5.79. The fourth-order valence-electron chi connectivity index (χ4n) is 2.59. The SMILES string of the molecule is CN=C(NCCOc1cccnc1)N(C)CCc1ccc(OC)c(OC)c1. The zero-order valence-corrected chi connectivity index (χ0v) is 16.4. The molecule has 0 aliphatic heterocycles. The van der Waals surface area contributed by atoms with E-state index >= 15 is 0 Å². The Morgan fingerprint density at radius 1 is 1.19 bits per heavy atom. The number of methoxy groups -OCH3 is 2. The number of hydrogen-bond donors (Lipinski definition) is 1. The summed E-state index contributed by atoms with van der Waals surface area (Å²) in [5.41, 5.74) is 1.18. The van der Waals surface area contributed by atoms with E-state index in [1.807, 2.05) is 37.4 Å². The molecule has 0 aliphatic rings. The molecule has 7 nitrogen and oxygen atoms in total. The number of hydrogen-bond acceptors (Lipinski definition) is 5. The number of aliphatic imine (C=N–C) groups is 1. The van der Waals surface area contributed by atoms with Crippen LogP contribution in [0.15, 0.2) is 47.7 Å². The largest absolute Gasteiger partial charge is 0.493 e. The lowest BCUT2D eigenvalue weighted by atomic mass is 10.1. The van der Waals surface area contributed by atoms with E-state index in [1.54, 1.807) is 33.7 Å². The first-order chi connectivity index (χ1) is 13.2. The molecule has 1 aromatic heterocycles. The number of nitrogens with zero attached hydrogens (tertiary/aromatic N) is 3.